The van der Waals surface area contributed by atoms with Crippen LogP contribution >= 0.6 is 0 Å². The van der Waals surface area contributed by atoms with Gasteiger partial charge in [-0.25, -0.2) is 0 Å². The number of carboxylic acids is 1. The van der Waals surface area contributed by atoms with Gasteiger partial charge in [-0.1, -0.05) is 5.16 Å². The summed E-state index contributed by atoms with van der Waals surface area (Å²) >= 11 is 0. The van der Waals surface area contributed by atoms with Crippen molar-refractivity contribution in [1.29, 1.82) is 0 Å². The van der Waals surface area contributed by atoms with E-state index in [1.807, 2.05) is 0 Å². The number of rotatable bonds is 8. The lowest BCUT2D eigenvalue weighted by atomic mass is 10.2. The van der Waals surface area contributed by atoms with Crippen molar-refractivity contribution >= 4 is 5.97 Å². The molecule has 0 aliphatic carbocycles. The van der Waals surface area contributed by atoms with Gasteiger partial charge >= 0.3 is 5.97 Å². The lowest BCUT2D eigenvalue weighted by molar-refractivity contribution is -0.137. The number of methoxy groups -OCH3 is 1. The number of ether oxygens (including phenoxy) is 1. The monoisotopic (exact) mass is 228 g/mol. The molecule has 0 aliphatic heterocycles. The van der Waals surface area contributed by atoms with Gasteiger partial charge in [-0.3, -0.25) is 4.79 Å². The van der Waals surface area contributed by atoms with E-state index < -0.39 is 5.97 Å². The van der Waals surface area contributed by atoms with E-state index in [0.29, 0.717) is 31.2 Å². The number of aliphatic carboxylic acids is 1. The molecule has 0 spiro atoms. The third-order valence-electron chi connectivity index (χ3n) is 2.04. The molecule has 0 atom stereocenters. The molecule has 16 heavy (non-hydrogen) atoms. The number of carboxylic acid groups (broad SMARTS) is 1. The van der Waals surface area contributed by atoms with Crippen LogP contribution in [0.4, 0.5) is 0 Å². The molecule has 1 N–H and O–H groups in total. The van der Waals surface area contributed by atoms with Crippen LogP contribution in [-0.4, -0.2) is 34.9 Å². The smallest absolute Gasteiger partial charge is 0.303 e. The van der Waals surface area contributed by atoms with Crippen molar-refractivity contribution in [3.8, 4) is 0 Å². The number of aromatic nitrogens is 2. The molecule has 0 radical (unpaired) electrons. The van der Waals surface area contributed by atoms with Crippen LogP contribution in [0.25, 0.3) is 0 Å². The maximum absolute atomic E-state index is 10.3. The van der Waals surface area contributed by atoms with Gasteiger partial charge in [-0.05, 0) is 12.8 Å². The quantitative estimate of drug-likeness (QED) is 0.669. The van der Waals surface area contributed by atoms with Crippen LogP contribution in [0.1, 0.15) is 31.0 Å². The van der Waals surface area contributed by atoms with E-state index in [1.165, 1.54) is 0 Å². The first-order valence-corrected chi connectivity index (χ1v) is 5.24. The Morgan fingerprint density at radius 3 is 2.94 bits per heavy atom. The average Bonchev–Trinajstić information content (AvgIpc) is 2.66. The van der Waals surface area contributed by atoms with Crippen molar-refractivity contribution in [3.63, 3.8) is 0 Å². The Morgan fingerprint density at radius 1 is 1.44 bits per heavy atom. The van der Waals surface area contributed by atoms with Gasteiger partial charge in [0.2, 0.25) is 5.89 Å². The van der Waals surface area contributed by atoms with Crippen LogP contribution in [0.3, 0.4) is 0 Å². The van der Waals surface area contributed by atoms with E-state index in [0.717, 1.165) is 12.8 Å². The number of hydrogen-bond acceptors (Lipinski definition) is 5. The molecule has 1 aromatic rings. The van der Waals surface area contributed by atoms with E-state index in [9.17, 15) is 4.79 Å². The van der Waals surface area contributed by atoms with Crippen LogP contribution in [0, 0.1) is 0 Å². The fourth-order valence-electron chi connectivity index (χ4n) is 1.26. The first kappa shape index (κ1) is 12.6. The van der Waals surface area contributed by atoms with Gasteiger partial charge in [0.05, 0.1) is 0 Å². The van der Waals surface area contributed by atoms with E-state index >= 15 is 0 Å². The highest BCUT2D eigenvalue weighted by Crippen LogP contribution is 2.04. The highest BCUT2D eigenvalue weighted by molar-refractivity contribution is 5.66. The summed E-state index contributed by atoms with van der Waals surface area (Å²) in [6.45, 7) is 0.670. The summed E-state index contributed by atoms with van der Waals surface area (Å²) in [5.74, 6) is 0.357. The predicted molar refractivity (Wildman–Crippen MR) is 55.1 cm³/mol. The molecule has 0 saturated carbocycles. The second-order valence-corrected chi connectivity index (χ2v) is 3.45. The zero-order valence-electron chi connectivity index (χ0n) is 9.31. The Balaban J connectivity index is 2.25. The molecule has 0 aliphatic rings. The van der Waals surface area contributed by atoms with Crippen LogP contribution < -0.4 is 0 Å². The van der Waals surface area contributed by atoms with Gasteiger partial charge in [-0.2, -0.15) is 4.98 Å². The zero-order valence-corrected chi connectivity index (χ0v) is 9.31. The van der Waals surface area contributed by atoms with Gasteiger partial charge in [-0.15, -0.1) is 0 Å². The largest absolute Gasteiger partial charge is 0.481 e. The SMILES string of the molecule is COCCCc1noc(CCCC(=O)O)n1. The van der Waals surface area contributed by atoms with Crippen molar-refractivity contribution in [2.24, 2.45) is 0 Å². The van der Waals surface area contributed by atoms with Crippen LogP contribution in [-0.2, 0) is 22.4 Å². The minimum Gasteiger partial charge on any atom is -0.481 e. The molecule has 0 fully saturated rings. The number of hydrogen-bond donors (Lipinski definition) is 1. The molecule has 6 nitrogen and oxygen atoms in total. The fraction of sp³-hybridized carbons (Fsp3) is 0.700. The first-order valence-electron chi connectivity index (χ1n) is 5.24. The summed E-state index contributed by atoms with van der Waals surface area (Å²) in [4.78, 5) is 14.4. The van der Waals surface area contributed by atoms with Crippen LogP contribution in [0.15, 0.2) is 4.52 Å². The summed E-state index contributed by atoms with van der Waals surface area (Å²) in [7, 11) is 1.65. The van der Waals surface area contributed by atoms with Crippen molar-refractivity contribution in [2.45, 2.75) is 32.1 Å². The fourth-order valence-corrected chi connectivity index (χ4v) is 1.26. The van der Waals surface area contributed by atoms with Gasteiger partial charge in [0.25, 0.3) is 0 Å². The summed E-state index contributed by atoms with van der Waals surface area (Å²) < 4.78 is 9.89. The Morgan fingerprint density at radius 2 is 2.25 bits per heavy atom. The first-order chi connectivity index (χ1) is 7.72. The molecular formula is C10H16N2O4. The normalized spacial score (nSPS) is 10.6. The molecule has 6 heteroatoms. The topological polar surface area (TPSA) is 85.5 Å². The molecule has 0 bridgehead atoms. The molecule has 0 unspecified atom stereocenters. The third-order valence-corrected chi connectivity index (χ3v) is 2.04. The second-order valence-electron chi connectivity index (χ2n) is 3.45. The Hall–Kier alpha value is -1.43. The van der Waals surface area contributed by atoms with Crippen molar-refractivity contribution in [1.82, 2.24) is 10.1 Å². The molecule has 0 amide bonds. The summed E-state index contributed by atoms with van der Waals surface area (Å²) in [5.41, 5.74) is 0. The highest BCUT2D eigenvalue weighted by atomic mass is 16.5. The minimum atomic E-state index is -0.806. The maximum Gasteiger partial charge on any atom is 0.303 e. The molecule has 90 valence electrons. The Labute approximate surface area is 93.6 Å². The van der Waals surface area contributed by atoms with Crippen molar-refractivity contribution < 1.29 is 19.2 Å². The number of aryl methyl sites for hydroxylation is 2. The second kappa shape index (κ2) is 6.95. The minimum absolute atomic E-state index is 0.126. The Bertz CT molecular complexity index is 324. The van der Waals surface area contributed by atoms with Crippen LogP contribution in [0.2, 0.25) is 0 Å². The summed E-state index contributed by atoms with van der Waals surface area (Å²) in [6, 6.07) is 0. The molecular weight excluding hydrogens is 212 g/mol. The van der Waals surface area contributed by atoms with Crippen molar-refractivity contribution in [3.05, 3.63) is 11.7 Å². The average molecular weight is 228 g/mol. The molecule has 1 heterocycles. The zero-order chi connectivity index (χ0) is 11.8. The summed E-state index contributed by atoms with van der Waals surface area (Å²) in [5, 5.41) is 12.3. The van der Waals surface area contributed by atoms with Gasteiger partial charge < -0.3 is 14.4 Å². The standard InChI is InChI=1S/C10H16N2O4/c1-15-7-3-4-8-11-9(16-12-8)5-2-6-10(13)14/h2-7H2,1H3,(H,13,14). The van der Waals surface area contributed by atoms with Gasteiger partial charge in [0.1, 0.15) is 0 Å². The van der Waals surface area contributed by atoms with E-state index in [2.05, 4.69) is 10.1 Å². The highest BCUT2D eigenvalue weighted by Gasteiger charge is 2.06. The lowest BCUT2D eigenvalue weighted by Crippen LogP contribution is -1.97. The predicted octanol–water partition coefficient (Wildman–Crippen LogP) is 1.06. The van der Waals surface area contributed by atoms with E-state index in [-0.39, 0.29) is 6.42 Å². The maximum atomic E-state index is 10.3. The third kappa shape index (κ3) is 4.88. The Kier molecular flexibility index (Phi) is 5.49. The number of nitrogens with zero attached hydrogens (tertiary/aromatic N) is 2. The van der Waals surface area contributed by atoms with Gasteiger partial charge in [0.15, 0.2) is 5.82 Å². The summed E-state index contributed by atoms with van der Waals surface area (Å²) in [6.07, 6.45) is 2.74. The molecule has 1 aromatic heterocycles. The lowest BCUT2D eigenvalue weighted by Gasteiger charge is -1.93. The molecule has 0 saturated heterocycles. The van der Waals surface area contributed by atoms with E-state index in [4.69, 9.17) is 14.4 Å². The molecule has 1 rings (SSSR count). The van der Waals surface area contributed by atoms with Gasteiger partial charge in [0, 0.05) is 33.0 Å². The molecule has 0 aromatic carbocycles. The number of carbonyl (C=O) groups is 1. The van der Waals surface area contributed by atoms with E-state index in [1.54, 1.807) is 7.11 Å². The van der Waals surface area contributed by atoms with Crippen LogP contribution in [0.5, 0.6) is 0 Å². The van der Waals surface area contributed by atoms with Crippen molar-refractivity contribution in [2.75, 3.05) is 13.7 Å².